The summed E-state index contributed by atoms with van der Waals surface area (Å²) in [4.78, 5) is 26.3. The fourth-order valence-electron chi connectivity index (χ4n) is 3.33. The van der Waals surface area contributed by atoms with Gasteiger partial charge >= 0.3 is 0 Å². The maximum Gasteiger partial charge on any atom is 0.243 e. The highest BCUT2D eigenvalue weighted by atomic mass is 16.2. The lowest BCUT2D eigenvalue weighted by Crippen LogP contribution is -2.47. The summed E-state index contributed by atoms with van der Waals surface area (Å²) in [5.41, 5.74) is 1.98. The third kappa shape index (κ3) is 2.94. The van der Waals surface area contributed by atoms with E-state index in [1.165, 1.54) is 12.8 Å². The highest BCUT2D eigenvalue weighted by molar-refractivity contribution is 6.03. The standard InChI is InChI=1S/C17H22N2O2/c1-12-6-8-14(9-7-12)19-15(10-11-16(19)20)17(21)18-13-4-2-3-5-13/h6-9,13,15H,2-5,10-11H2,1H3,(H,18,21). The van der Waals surface area contributed by atoms with Crippen molar-refractivity contribution in [2.45, 2.75) is 57.5 Å². The Morgan fingerprint density at radius 3 is 2.48 bits per heavy atom. The van der Waals surface area contributed by atoms with Crippen LogP contribution in [-0.2, 0) is 9.59 Å². The summed E-state index contributed by atoms with van der Waals surface area (Å²) in [6.45, 7) is 2.01. The van der Waals surface area contributed by atoms with E-state index in [0.717, 1.165) is 24.1 Å². The normalized spacial score (nSPS) is 22.8. The van der Waals surface area contributed by atoms with Gasteiger partial charge in [0.2, 0.25) is 11.8 Å². The van der Waals surface area contributed by atoms with E-state index >= 15 is 0 Å². The van der Waals surface area contributed by atoms with Gasteiger partial charge in [-0.25, -0.2) is 0 Å². The molecule has 1 unspecified atom stereocenters. The zero-order chi connectivity index (χ0) is 14.8. The Morgan fingerprint density at radius 2 is 1.81 bits per heavy atom. The highest BCUT2D eigenvalue weighted by Crippen LogP contribution is 2.27. The summed E-state index contributed by atoms with van der Waals surface area (Å²) >= 11 is 0. The van der Waals surface area contributed by atoms with Gasteiger partial charge in [-0.05, 0) is 38.3 Å². The fourth-order valence-corrected chi connectivity index (χ4v) is 3.33. The molecular formula is C17H22N2O2. The van der Waals surface area contributed by atoms with Gasteiger partial charge in [0.1, 0.15) is 6.04 Å². The number of hydrogen-bond acceptors (Lipinski definition) is 2. The Balaban J connectivity index is 1.75. The van der Waals surface area contributed by atoms with Crippen molar-refractivity contribution in [3.63, 3.8) is 0 Å². The van der Waals surface area contributed by atoms with Crippen LogP contribution >= 0.6 is 0 Å². The van der Waals surface area contributed by atoms with Crippen LogP contribution in [0.3, 0.4) is 0 Å². The van der Waals surface area contributed by atoms with Crippen LogP contribution in [0.1, 0.15) is 44.1 Å². The molecule has 1 N–H and O–H groups in total. The van der Waals surface area contributed by atoms with E-state index in [-0.39, 0.29) is 17.9 Å². The van der Waals surface area contributed by atoms with Crippen molar-refractivity contribution in [2.24, 2.45) is 0 Å². The average molecular weight is 286 g/mol. The van der Waals surface area contributed by atoms with E-state index in [9.17, 15) is 9.59 Å². The summed E-state index contributed by atoms with van der Waals surface area (Å²) in [7, 11) is 0. The minimum Gasteiger partial charge on any atom is -0.352 e. The Bertz CT molecular complexity index is 532. The molecule has 2 amide bonds. The van der Waals surface area contributed by atoms with Crippen molar-refractivity contribution in [1.29, 1.82) is 0 Å². The molecule has 4 nitrogen and oxygen atoms in total. The van der Waals surface area contributed by atoms with Gasteiger partial charge in [-0.15, -0.1) is 0 Å². The van der Waals surface area contributed by atoms with Gasteiger partial charge in [-0.1, -0.05) is 30.5 Å². The predicted molar refractivity (Wildman–Crippen MR) is 82.1 cm³/mol. The average Bonchev–Trinajstić information content (AvgIpc) is 3.09. The summed E-state index contributed by atoms with van der Waals surface area (Å²) < 4.78 is 0. The Kier molecular flexibility index (Phi) is 3.95. The molecule has 0 radical (unpaired) electrons. The molecule has 1 aliphatic carbocycles. The van der Waals surface area contributed by atoms with Crippen LogP contribution in [0.4, 0.5) is 5.69 Å². The van der Waals surface area contributed by atoms with Crippen LogP contribution in [0, 0.1) is 6.92 Å². The molecule has 0 spiro atoms. The summed E-state index contributed by atoms with van der Waals surface area (Å²) in [6, 6.07) is 7.76. The van der Waals surface area contributed by atoms with Crippen LogP contribution in [0.2, 0.25) is 0 Å². The number of rotatable bonds is 3. The van der Waals surface area contributed by atoms with Crippen LogP contribution in [0.15, 0.2) is 24.3 Å². The Morgan fingerprint density at radius 1 is 1.14 bits per heavy atom. The van der Waals surface area contributed by atoms with Gasteiger partial charge in [-0.2, -0.15) is 0 Å². The van der Waals surface area contributed by atoms with Crippen LogP contribution in [-0.4, -0.2) is 23.9 Å². The largest absolute Gasteiger partial charge is 0.352 e. The second-order valence-corrected chi connectivity index (χ2v) is 6.14. The SMILES string of the molecule is Cc1ccc(N2C(=O)CCC2C(=O)NC2CCCC2)cc1. The number of benzene rings is 1. The van der Waals surface area contributed by atoms with Crippen molar-refractivity contribution in [2.75, 3.05) is 4.90 Å². The molecule has 3 rings (SSSR count). The third-order valence-electron chi connectivity index (χ3n) is 4.53. The number of carbonyl (C=O) groups excluding carboxylic acids is 2. The quantitative estimate of drug-likeness (QED) is 0.928. The molecule has 21 heavy (non-hydrogen) atoms. The lowest BCUT2D eigenvalue weighted by molar-refractivity contribution is -0.124. The summed E-state index contributed by atoms with van der Waals surface area (Å²) in [6.07, 6.45) is 5.59. The van der Waals surface area contributed by atoms with E-state index in [1.54, 1.807) is 4.90 Å². The Hall–Kier alpha value is -1.84. The van der Waals surface area contributed by atoms with Crippen LogP contribution in [0.5, 0.6) is 0 Å². The zero-order valence-electron chi connectivity index (χ0n) is 12.5. The molecule has 1 aromatic carbocycles. The lowest BCUT2D eigenvalue weighted by atomic mass is 10.1. The maximum absolute atomic E-state index is 12.5. The van der Waals surface area contributed by atoms with Gasteiger partial charge in [0, 0.05) is 18.2 Å². The molecule has 2 aliphatic rings. The molecular weight excluding hydrogens is 264 g/mol. The van der Waals surface area contributed by atoms with Gasteiger partial charge in [0.25, 0.3) is 0 Å². The van der Waals surface area contributed by atoms with Crippen molar-refractivity contribution in [1.82, 2.24) is 5.32 Å². The summed E-state index contributed by atoms with van der Waals surface area (Å²) in [5, 5.41) is 3.12. The molecule has 2 fully saturated rings. The van der Waals surface area contributed by atoms with Crippen molar-refractivity contribution in [3.8, 4) is 0 Å². The lowest BCUT2D eigenvalue weighted by Gasteiger charge is -2.25. The first-order valence-corrected chi connectivity index (χ1v) is 7.84. The molecule has 0 bridgehead atoms. The first-order chi connectivity index (χ1) is 10.1. The van der Waals surface area contributed by atoms with Gasteiger partial charge in [-0.3, -0.25) is 14.5 Å². The topological polar surface area (TPSA) is 49.4 Å². The van der Waals surface area contributed by atoms with E-state index in [1.807, 2.05) is 31.2 Å². The zero-order valence-corrected chi connectivity index (χ0v) is 12.5. The molecule has 1 heterocycles. The van der Waals surface area contributed by atoms with Gasteiger partial charge in [0.15, 0.2) is 0 Å². The Labute approximate surface area is 125 Å². The third-order valence-corrected chi connectivity index (χ3v) is 4.53. The molecule has 0 aromatic heterocycles. The predicted octanol–water partition coefficient (Wildman–Crippen LogP) is 2.55. The number of anilines is 1. The highest BCUT2D eigenvalue weighted by Gasteiger charge is 2.37. The molecule has 1 saturated carbocycles. The summed E-state index contributed by atoms with van der Waals surface area (Å²) in [5.74, 6) is 0.0544. The number of nitrogens with one attached hydrogen (secondary N) is 1. The number of amides is 2. The van der Waals surface area contributed by atoms with Gasteiger partial charge < -0.3 is 5.32 Å². The maximum atomic E-state index is 12.5. The van der Waals surface area contributed by atoms with E-state index in [4.69, 9.17) is 0 Å². The number of aryl methyl sites for hydroxylation is 1. The number of hydrogen-bond donors (Lipinski definition) is 1. The van der Waals surface area contributed by atoms with E-state index in [2.05, 4.69) is 5.32 Å². The van der Waals surface area contributed by atoms with Crippen molar-refractivity contribution in [3.05, 3.63) is 29.8 Å². The number of carbonyl (C=O) groups is 2. The van der Waals surface area contributed by atoms with E-state index in [0.29, 0.717) is 18.9 Å². The first kappa shape index (κ1) is 14.1. The minimum absolute atomic E-state index is 0.00771. The first-order valence-electron chi connectivity index (χ1n) is 7.84. The van der Waals surface area contributed by atoms with E-state index < -0.39 is 0 Å². The molecule has 1 aromatic rings. The second-order valence-electron chi connectivity index (χ2n) is 6.14. The molecule has 1 saturated heterocycles. The minimum atomic E-state index is -0.346. The van der Waals surface area contributed by atoms with Crippen LogP contribution in [0.25, 0.3) is 0 Å². The van der Waals surface area contributed by atoms with Gasteiger partial charge in [0.05, 0.1) is 0 Å². The van der Waals surface area contributed by atoms with Crippen LogP contribution < -0.4 is 10.2 Å². The molecule has 1 atom stereocenters. The molecule has 4 heteroatoms. The smallest absolute Gasteiger partial charge is 0.243 e. The molecule has 112 valence electrons. The van der Waals surface area contributed by atoms with Crippen molar-refractivity contribution < 1.29 is 9.59 Å². The number of nitrogens with zero attached hydrogens (tertiary/aromatic N) is 1. The monoisotopic (exact) mass is 286 g/mol. The second kappa shape index (κ2) is 5.88. The van der Waals surface area contributed by atoms with Crippen molar-refractivity contribution >= 4 is 17.5 Å². The fraction of sp³-hybridized carbons (Fsp3) is 0.529. The molecule has 1 aliphatic heterocycles.